The van der Waals surface area contributed by atoms with Crippen molar-refractivity contribution in [1.82, 2.24) is 9.97 Å². The fraction of sp³-hybridized carbons (Fsp3) is 0.667. The largest absolute Gasteiger partial charge is 0.375 e. The van der Waals surface area contributed by atoms with E-state index in [1.165, 1.54) is 6.04 Å². The Morgan fingerprint density at radius 2 is 2.21 bits per heavy atom. The number of aromatic nitrogens is 2. The first-order valence-electron chi connectivity index (χ1n) is 4.74. The average molecular weight is 233 g/mol. The van der Waals surface area contributed by atoms with Gasteiger partial charge in [-0.2, -0.15) is 0 Å². The number of H-pyrrole nitrogens is 1. The van der Waals surface area contributed by atoms with Crippen molar-refractivity contribution >= 4 is 19.7 Å². The van der Waals surface area contributed by atoms with E-state index < -0.39 is 8.07 Å². The van der Waals surface area contributed by atoms with E-state index in [-0.39, 0.29) is 0 Å². The van der Waals surface area contributed by atoms with Gasteiger partial charge >= 0.3 is 0 Å². The summed E-state index contributed by atoms with van der Waals surface area (Å²) in [5.74, 6) is 0. The summed E-state index contributed by atoms with van der Waals surface area (Å²) in [6.45, 7) is 8.34. The standard InChI is InChI=1S/C9H17ClN2OSi/c1-14(2,3)5-4-13-6-8-9(10)12-7-11-8/h7H,4-6H2,1-3H3,(H,11,12). The molecule has 0 amide bonds. The lowest BCUT2D eigenvalue weighted by atomic mass is 10.5. The molecule has 80 valence electrons. The lowest BCUT2D eigenvalue weighted by Crippen LogP contribution is -2.21. The molecule has 0 unspecified atom stereocenters. The van der Waals surface area contributed by atoms with Gasteiger partial charge in [0.25, 0.3) is 0 Å². The van der Waals surface area contributed by atoms with Crippen molar-refractivity contribution in [2.24, 2.45) is 0 Å². The highest BCUT2D eigenvalue weighted by Crippen LogP contribution is 2.12. The molecule has 0 aromatic carbocycles. The van der Waals surface area contributed by atoms with E-state index in [2.05, 4.69) is 29.6 Å². The lowest BCUT2D eigenvalue weighted by Gasteiger charge is -2.14. The summed E-state index contributed by atoms with van der Waals surface area (Å²) in [7, 11) is -0.977. The zero-order chi connectivity index (χ0) is 10.6. The van der Waals surface area contributed by atoms with Crippen LogP contribution < -0.4 is 0 Å². The summed E-state index contributed by atoms with van der Waals surface area (Å²) >= 11 is 5.79. The van der Waals surface area contributed by atoms with Crippen LogP contribution in [-0.4, -0.2) is 24.6 Å². The Bertz CT molecular complexity index is 283. The van der Waals surface area contributed by atoms with Gasteiger partial charge in [-0.1, -0.05) is 31.2 Å². The summed E-state index contributed by atoms with van der Waals surface area (Å²) in [5, 5.41) is 0.512. The monoisotopic (exact) mass is 232 g/mol. The van der Waals surface area contributed by atoms with Crippen LogP contribution in [0, 0.1) is 0 Å². The normalized spacial score (nSPS) is 12.0. The molecule has 0 atom stereocenters. The molecule has 0 fully saturated rings. The molecular formula is C9H17ClN2OSi. The van der Waals surface area contributed by atoms with Gasteiger partial charge in [0.05, 0.1) is 18.6 Å². The first-order valence-corrected chi connectivity index (χ1v) is 8.83. The Morgan fingerprint density at radius 1 is 1.50 bits per heavy atom. The number of nitrogens with one attached hydrogen (secondary N) is 1. The third kappa shape index (κ3) is 4.26. The van der Waals surface area contributed by atoms with Gasteiger partial charge in [-0.15, -0.1) is 0 Å². The van der Waals surface area contributed by atoms with Crippen molar-refractivity contribution in [3.63, 3.8) is 0 Å². The van der Waals surface area contributed by atoms with E-state index in [1.807, 2.05) is 0 Å². The Labute approximate surface area is 90.8 Å². The molecule has 5 heteroatoms. The summed E-state index contributed by atoms with van der Waals surface area (Å²) < 4.78 is 5.51. The summed E-state index contributed by atoms with van der Waals surface area (Å²) in [6, 6.07) is 1.18. The van der Waals surface area contributed by atoms with Crippen LogP contribution >= 0.6 is 11.6 Å². The maximum atomic E-state index is 5.79. The Kier molecular flexibility index (Phi) is 4.16. The summed E-state index contributed by atoms with van der Waals surface area (Å²) in [6.07, 6.45) is 1.58. The summed E-state index contributed by atoms with van der Waals surface area (Å²) in [5.41, 5.74) is 0.863. The van der Waals surface area contributed by atoms with Crippen LogP contribution in [0.2, 0.25) is 30.8 Å². The van der Waals surface area contributed by atoms with E-state index in [0.717, 1.165) is 12.3 Å². The Balaban J connectivity index is 2.20. The second-order valence-electron chi connectivity index (χ2n) is 4.54. The average Bonchev–Trinajstić information content (AvgIpc) is 2.44. The first kappa shape index (κ1) is 11.7. The van der Waals surface area contributed by atoms with E-state index >= 15 is 0 Å². The zero-order valence-electron chi connectivity index (χ0n) is 8.93. The molecule has 1 heterocycles. The third-order valence-corrected chi connectivity index (χ3v) is 3.94. The minimum Gasteiger partial charge on any atom is -0.375 e. The summed E-state index contributed by atoms with van der Waals surface area (Å²) in [4.78, 5) is 6.83. The minimum absolute atomic E-state index is 0.512. The van der Waals surface area contributed by atoms with Crippen molar-refractivity contribution in [2.75, 3.05) is 6.61 Å². The number of imidazole rings is 1. The molecule has 0 saturated carbocycles. The zero-order valence-corrected chi connectivity index (χ0v) is 10.7. The number of ether oxygens (including phenoxy) is 1. The SMILES string of the molecule is C[Si](C)(C)CCOCc1[nH]cnc1Cl. The van der Waals surface area contributed by atoms with Crippen LogP contribution in [0.5, 0.6) is 0 Å². The number of hydrogen-bond acceptors (Lipinski definition) is 2. The van der Waals surface area contributed by atoms with Gasteiger partial charge in [0, 0.05) is 14.7 Å². The molecule has 0 spiro atoms. The Morgan fingerprint density at radius 3 is 2.71 bits per heavy atom. The highest BCUT2D eigenvalue weighted by atomic mass is 35.5. The number of hydrogen-bond donors (Lipinski definition) is 1. The van der Waals surface area contributed by atoms with Crippen molar-refractivity contribution in [3.8, 4) is 0 Å². The van der Waals surface area contributed by atoms with E-state index in [4.69, 9.17) is 16.3 Å². The van der Waals surface area contributed by atoms with Crippen LogP contribution in [0.15, 0.2) is 6.33 Å². The first-order chi connectivity index (χ1) is 6.49. The minimum atomic E-state index is -0.977. The molecule has 0 aliphatic carbocycles. The molecule has 14 heavy (non-hydrogen) atoms. The van der Waals surface area contributed by atoms with Crippen molar-refractivity contribution in [1.29, 1.82) is 0 Å². The molecule has 0 bridgehead atoms. The number of nitrogens with zero attached hydrogens (tertiary/aromatic N) is 1. The highest BCUT2D eigenvalue weighted by Gasteiger charge is 2.12. The van der Waals surface area contributed by atoms with Crippen LogP contribution in [0.1, 0.15) is 5.69 Å². The highest BCUT2D eigenvalue weighted by molar-refractivity contribution is 6.76. The van der Waals surface area contributed by atoms with Crippen molar-refractivity contribution < 1.29 is 4.74 Å². The molecule has 0 saturated heterocycles. The van der Waals surface area contributed by atoms with E-state index in [1.54, 1.807) is 6.33 Å². The fourth-order valence-electron chi connectivity index (χ4n) is 0.958. The molecule has 1 N–H and O–H groups in total. The van der Waals surface area contributed by atoms with Gasteiger partial charge in [0.2, 0.25) is 0 Å². The predicted molar refractivity (Wildman–Crippen MR) is 61.4 cm³/mol. The van der Waals surface area contributed by atoms with Crippen LogP contribution in [0.25, 0.3) is 0 Å². The second kappa shape index (κ2) is 4.96. The fourth-order valence-corrected chi connectivity index (χ4v) is 1.87. The van der Waals surface area contributed by atoms with Gasteiger partial charge in [0.1, 0.15) is 0 Å². The van der Waals surface area contributed by atoms with Crippen LogP contribution in [-0.2, 0) is 11.3 Å². The van der Waals surface area contributed by atoms with Crippen LogP contribution in [0.3, 0.4) is 0 Å². The smallest absolute Gasteiger partial charge is 0.152 e. The predicted octanol–water partition coefficient (Wildman–Crippen LogP) is 2.92. The van der Waals surface area contributed by atoms with Gasteiger partial charge in [0.15, 0.2) is 5.15 Å². The van der Waals surface area contributed by atoms with Gasteiger partial charge in [-0.05, 0) is 6.04 Å². The van der Waals surface area contributed by atoms with Gasteiger partial charge in [-0.3, -0.25) is 0 Å². The molecular weight excluding hydrogens is 216 g/mol. The molecule has 3 nitrogen and oxygen atoms in total. The quantitative estimate of drug-likeness (QED) is 0.626. The molecule has 0 aliphatic rings. The Hall–Kier alpha value is -0.323. The maximum absolute atomic E-state index is 5.79. The van der Waals surface area contributed by atoms with E-state index in [0.29, 0.717) is 11.8 Å². The molecule has 0 radical (unpaired) electrons. The number of rotatable bonds is 5. The van der Waals surface area contributed by atoms with Crippen LogP contribution in [0.4, 0.5) is 0 Å². The third-order valence-electron chi connectivity index (χ3n) is 1.91. The van der Waals surface area contributed by atoms with Crippen molar-refractivity contribution in [2.45, 2.75) is 32.3 Å². The maximum Gasteiger partial charge on any atom is 0.152 e. The topological polar surface area (TPSA) is 37.9 Å². The molecule has 0 aliphatic heterocycles. The molecule has 1 rings (SSSR count). The molecule has 1 aromatic rings. The van der Waals surface area contributed by atoms with Gasteiger partial charge in [-0.25, -0.2) is 4.98 Å². The van der Waals surface area contributed by atoms with E-state index in [9.17, 15) is 0 Å². The van der Waals surface area contributed by atoms with Crippen molar-refractivity contribution in [3.05, 3.63) is 17.2 Å². The lowest BCUT2D eigenvalue weighted by molar-refractivity contribution is 0.131. The molecule has 1 aromatic heterocycles. The van der Waals surface area contributed by atoms with Gasteiger partial charge < -0.3 is 9.72 Å². The second-order valence-corrected chi connectivity index (χ2v) is 10.5. The number of aromatic amines is 1. The number of halogens is 1.